The van der Waals surface area contributed by atoms with Crippen LogP contribution >= 0.6 is 12.6 Å². The summed E-state index contributed by atoms with van der Waals surface area (Å²) < 4.78 is 37.8. The maximum atomic E-state index is 12.4. The normalized spacial score (nSPS) is 12.4. The van der Waals surface area contributed by atoms with E-state index >= 15 is 0 Å². The lowest BCUT2D eigenvalue weighted by atomic mass is 10.00. The van der Waals surface area contributed by atoms with Crippen LogP contribution in [0.15, 0.2) is 53.4 Å². The van der Waals surface area contributed by atoms with Crippen molar-refractivity contribution < 1.29 is 22.5 Å². The monoisotopic (exact) mass is 380 g/mol. The summed E-state index contributed by atoms with van der Waals surface area (Å²) in [5.74, 6) is 0.498. The second-order valence-corrected chi connectivity index (χ2v) is 7.14. The summed E-state index contributed by atoms with van der Waals surface area (Å²) in [6.07, 6.45) is 0.506. The van der Waals surface area contributed by atoms with E-state index in [2.05, 4.69) is 17.9 Å². The molecule has 6 nitrogen and oxygen atoms in total. The van der Waals surface area contributed by atoms with E-state index in [0.717, 1.165) is 23.4 Å². The van der Waals surface area contributed by atoms with Gasteiger partial charge in [0, 0.05) is 11.4 Å². The van der Waals surface area contributed by atoms with Gasteiger partial charge in [0.2, 0.25) is 5.91 Å². The lowest BCUT2D eigenvalue weighted by Crippen LogP contribution is -2.26. The molecular weight excluding hydrogens is 362 g/mol. The summed E-state index contributed by atoms with van der Waals surface area (Å²) in [7, 11) is -2.92. The number of hydrogen-bond acceptors (Lipinski definition) is 6. The van der Waals surface area contributed by atoms with E-state index < -0.39 is 10.1 Å². The van der Waals surface area contributed by atoms with Crippen LogP contribution in [-0.2, 0) is 21.3 Å². The fraction of sp³-hybridized carbons (Fsp3) is 0.235. The molecule has 0 fully saturated rings. The lowest BCUT2D eigenvalue weighted by molar-refractivity contribution is -0.119. The molecule has 2 aromatic carbocycles. The Morgan fingerprint density at radius 1 is 1.16 bits per heavy atom. The molecule has 0 radical (unpaired) electrons. The second-order valence-electron chi connectivity index (χ2n) is 5.40. The summed E-state index contributed by atoms with van der Waals surface area (Å²) in [5, 5.41) is 2.71. The topological polar surface area (TPSA) is 95.5 Å². The Morgan fingerprint density at radius 3 is 2.24 bits per heavy atom. The van der Waals surface area contributed by atoms with Crippen LogP contribution in [0.1, 0.15) is 5.56 Å². The van der Waals surface area contributed by atoms with Gasteiger partial charge in [0.15, 0.2) is 0 Å². The number of thiol groups is 1. The van der Waals surface area contributed by atoms with Crippen molar-refractivity contribution in [2.75, 3.05) is 18.2 Å². The van der Waals surface area contributed by atoms with E-state index in [4.69, 9.17) is 4.74 Å². The quantitative estimate of drug-likeness (QED) is 0.568. The van der Waals surface area contributed by atoms with Crippen molar-refractivity contribution >= 4 is 34.3 Å². The highest BCUT2D eigenvalue weighted by Crippen LogP contribution is 2.18. The molecule has 8 heteroatoms. The molecule has 1 atom stereocenters. The molecule has 1 unspecified atom stereocenters. The van der Waals surface area contributed by atoms with E-state index in [1.54, 1.807) is 7.11 Å². The standard InChI is InChI=1S/C17H19NO5S2/c1-23-15-6-2-12(3-7-15)10-13(11-24)17(19)18-14-4-8-16(9-5-14)25(20,21)22/h2-9,13,24H,10-11H2,1H3,(H,18,19)(H,20,21,22)/p-1. The molecular formula is C17H18NO5S2-. The van der Waals surface area contributed by atoms with Crippen LogP contribution in [0.2, 0.25) is 0 Å². The minimum absolute atomic E-state index is 0.233. The van der Waals surface area contributed by atoms with Crippen LogP contribution in [0.4, 0.5) is 5.69 Å². The van der Waals surface area contributed by atoms with Gasteiger partial charge >= 0.3 is 0 Å². The number of ether oxygens (including phenoxy) is 1. The van der Waals surface area contributed by atoms with Gasteiger partial charge in [-0.1, -0.05) is 12.1 Å². The van der Waals surface area contributed by atoms with Gasteiger partial charge in [-0.25, -0.2) is 8.42 Å². The van der Waals surface area contributed by atoms with Crippen molar-refractivity contribution in [1.29, 1.82) is 0 Å². The first-order chi connectivity index (χ1) is 11.8. The van der Waals surface area contributed by atoms with Gasteiger partial charge in [0.25, 0.3) is 0 Å². The average molecular weight is 380 g/mol. The molecule has 25 heavy (non-hydrogen) atoms. The fourth-order valence-electron chi connectivity index (χ4n) is 2.24. The minimum atomic E-state index is -4.50. The third-order valence-electron chi connectivity index (χ3n) is 3.64. The molecule has 1 amide bonds. The first-order valence-corrected chi connectivity index (χ1v) is 9.48. The molecule has 2 aromatic rings. The number of carbonyl (C=O) groups is 1. The predicted octanol–water partition coefficient (Wildman–Crippen LogP) is 2.33. The van der Waals surface area contributed by atoms with Crippen LogP contribution in [0.25, 0.3) is 0 Å². The van der Waals surface area contributed by atoms with Crippen LogP contribution in [-0.4, -0.2) is 31.7 Å². The number of nitrogens with one attached hydrogen (secondary N) is 1. The summed E-state index contributed by atoms with van der Waals surface area (Å²) in [6.45, 7) is 0. The maximum Gasteiger partial charge on any atom is 0.228 e. The first kappa shape index (κ1) is 19.3. The van der Waals surface area contributed by atoms with Crippen LogP contribution in [0, 0.1) is 5.92 Å². The number of rotatable bonds is 7. The SMILES string of the molecule is COc1ccc(CC(CS)C(=O)Nc2ccc(S(=O)(=O)[O-])cc2)cc1. The Balaban J connectivity index is 2.03. The number of methoxy groups -OCH3 is 1. The highest BCUT2D eigenvalue weighted by atomic mass is 32.2. The third kappa shape index (κ3) is 5.48. The molecule has 0 saturated carbocycles. The summed E-state index contributed by atoms with van der Waals surface area (Å²) >= 11 is 4.24. The third-order valence-corrected chi connectivity index (χ3v) is 4.93. The molecule has 0 aliphatic carbocycles. The van der Waals surface area contributed by atoms with Crippen molar-refractivity contribution in [3.05, 3.63) is 54.1 Å². The Labute approximate surface area is 152 Å². The first-order valence-electron chi connectivity index (χ1n) is 7.44. The molecule has 0 spiro atoms. The van der Waals surface area contributed by atoms with Crippen molar-refractivity contribution in [1.82, 2.24) is 0 Å². The predicted molar refractivity (Wildman–Crippen MR) is 97.1 cm³/mol. The zero-order chi connectivity index (χ0) is 18.4. The molecule has 2 rings (SSSR count). The second kappa shape index (κ2) is 8.37. The van der Waals surface area contributed by atoms with Gasteiger partial charge in [-0.05, 0) is 48.4 Å². The van der Waals surface area contributed by atoms with Crippen LogP contribution in [0.3, 0.4) is 0 Å². The Kier molecular flexibility index (Phi) is 6.46. The minimum Gasteiger partial charge on any atom is -0.744 e. The molecule has 0 heterocycles. The lowest BCUT2D eigenvalue weighted by Gasteiger charge is -2.15. The molecule has 0 aliphatic rings. The van der Waals surface area contributed by atoms with Gasteiger partial charge in [0.1, 0.15) is 15.9 Å². The number of hydrogen-bond donors (Lipinski definition) is 2. The van der Waals surface area contributed by atoms with E-state index in [9.17, 15) is 17.8 Å². The van der Waals surface area contributed by atoms with Gasteiger partial charge in [-0.15, -0.1) is 0 Å². The number of carbonyl (C=O) groups excluding carboxylic acids is 1. The van der Waals surface area contributed by atoms with E-state index in [0.29, 0.717) is 17.9 Å². The zero-order valence-electron chi connectivity index (χ0n) is 13.5. The Hall–Kier alpha value is -2.03. The molecule has 0 bridgehead atoms. The molecule has 134 valence electrons. The molecule has 0 aliphatic heterocycles. The van der Waals surface area contributed by atoms with E-state index in [1.165, 1.54) is 12.1 Å². The van der Waals surface area contributed by atoms with Gasteiger partial charge in [0.05, 0.1) is 17.9 Å². The summed E-state index contributed by atoms with van der Waals surface area (Å²) in [4.78, 5) is 12.0. The van der Waals surface area contributed by atoms with Crippen molar-refractivity contribution in [2.45, 2.75) is 11.3 Å². The Morgan fingerprint density at radius 2 is 1.76 bits per heavy atom. The summed E-state index contributed by atoms with van der Waals surface area (Å²) in [6, 6.07) is 12.5. The molecule has 1 N–H and O–H groups in total. The number of amides is 1. The largest absolute Gasteiger partial charge is 0.744 e. The van der Waals surface area contributed by atoms with Gasteiger partial charge < -0.3 is 14.6 Å². The van der Waals surface area contributed by atoms with Crippen LogP contribution < -0.4 is 10.1 Å². The van der Waals surface area contributed by atoms with E-state index in [-0.39, 0.29) is 16.7 Å². The number of anilines is 1. The number of benzene rings is 2. The van der Waals surface area contributed by atoms with Gasteiger partial charge in [-0.2, -0.15) is 12.6 Å². The smallest absolute Gasteiger partial charge is 0.228 e. The van der Waals surface area contributed by atoms with Crippen molar-refractivity contribution in [3.8, 4) is 5.75 Å². The Bertz CT molecular complexity index is 817. The maximum absolute atomic E-state index is 12.4. The van der Waals surface area contributed by atoms with Crippen molar-refractivity contribution in [2.24, 2.45) is 5.92 Å². The van der Waals surface area contributed by atoms with Crippen LogP contribution in [0.5, 0.6) is 5.75 Å². The average Bonchev–Trinajstić information content (AvgIpc) is 2.59. The highest BCUT2D eigenvalue weighted by molar-refractivity contribution is 7.85. The van der Waals surface area contributed by atoms with E-state index in [1.807, 2.05) is 24.3 Å². The highest BCUT2D eigenvalue weighted by Gasteiger charge is 2.18. The van der Waals surface area contributed by atoms with Crippen molar-refractivity contribution in [3.63, 3.8) is 0 Å². The van der Waals surface area contributed by atoms with Gasteiger partial charge in [-0.3, -0.25) is 4.79 Å². The molecule has 0 saturated heterocycles. The molecule has 0 aromatic heterocycles. The summed E-state index contributed by atoms with van der Waals surface area (Å²) in [5.41, 5.74) is 1.39. The fourth-order valence-corrected chi connectivity index (χ4v) is 3.00. The zero-order valence-corrected chi connectivity index (χ0v) is 15.2.